The van der Waals surface area contributed by atoms with Crippen molar-refractivity contribution >= 4 is 0 Å². The van der Waals surface area contributed by atoms with Crippen LogP contribution in [0.5, 0.6) is 0 Å². The van der Waals surface area contributed by atoms with Crippen LogP contribution in [0.25, 0.3) is 5.69 Å². The zero-order valence-corrected chi connectivity index (χ0v) is 14.5. The van der Waals surface area contributed by atoms with Crippen molar-refractivity contribution in [2.24, 2.45) is 5.41 Å². The maximum absolute atomic E-state index is 4.77. The summed E-state index contributed by atoms with van der Waals surface area (Å²) in [5.41, 5.74) is 5.63. The fraction of sp³-hybridized carbons (Fsp3) is 0.550. The lowest BCUT2D eigenvalue weighted by atomic mass is 9.73. The van der Waals surface area contributed by atoms with Crippen molar-refractivity contribution in [3.63, 3.8) is 0 Å². The van der Waals surface area contributed by atoms with Crippen LogP contribution >= 0.6 is 0 Å². The zero-order chi connectivity index (χ0) is 16.0. The van der Waals surface area contributed by atoms with Gasteiger partial charge in [0.05, 0.1) is 11.9 Å². The number of hydrogen-bond acceptors (Lipinski definition) is 2. The molecular weight excluding hydrogens is 282 g/mol. The molecular formula is C20H27N3. The molecule has 1 saturated carbocycles. The molecule has 1 aromatic heterocycles. The molecule has 1 N–H and O–H groups in total. The van der Waals surface area contributed by atoms with Crippen molar-refractivity contribution in [1.29, 1.82) is 0 Å². The van der Waals surface area contributed by atoms with Gasteiger partial charge in [-0.2, -0.15) is 5.10 Å². The van der Waals surface area contributed by atoms with Gasteiger partial charge >= 0.3 is 0 Å². The maximum atomic E-state index is 4.77. The Morgan fingerprint density at radius 3 is 2.70 bits per heavy atom. The number of nitrogens with zero attached hydrogens (tertiary/aromatic N) is 2. The second-order valence-electron chi connectivity index (χ2n) is 8.14. The summed E-state index contributed by atoms with van der Waals surface area (Å²) in [7, 11) is 0. The minimum Gasteiger partial charge on any atom is -0.307 e. The van der Waals surface area contributed by atoms with Crippen LogP contribution in [0.15, 0.2) is 30.5 Å². The van der Waals surface area contributed by atoms with Crippen LogP contribution in [0.3, 0.4) is 0 Å². The van der Waals surface area contributed by atoms with E-state index in [9.17, 15) is 0 Å². The van der Waals surface area contributed by atoms with Crippen molar-refractivity contribution in [2.75, 3.05) is 0 Å². The summed E-state index contributed by atoms with van der Waals surface area (Å²) in [6.07, 6.45) is 8.45. The smallest absolute Gasteiger partial charge is 0.0678 e. The Kier molecular flexibility index (Phi) is 3.56. The first-order chi connectivity index (χ1) is 11.0. The lowest BCUT2D eigenvalue weighted by molar-refractivity contribution is 0.215. The lowest BCUT2D eigenvalue weighted by Gasteiger charge is -2.39. The van der Waals surface area contributed by atoms with E-state index in [1.807, 2.05) is 0 Å². The van der Waals surface area contributed by atoms with Gasteiger partial charge in [0, 0.05) is 23.3 Å². The van der Waals surface area contributed by atoms with Gasteiger partial charge in [-0.1, -0.05) is 38.5 Å². The molecule has 3 nitrogen and oxygen atoms in total. The fourth-order valence-corrected chi connectivity index (χ4v) is 4.06. The fourth-order valence-electron chi connectivity index (χ4n) is 4.06. The van der Waals surface area contributed by atoms with Crippen LogP contribution < -0.4 is 5.32 Å². The van der Waals surface area contributed by atoms with Gasteiger partial charge in [-0.05, 0) is 49.7 Å². The second-order valence-corrected chi connectivity index (χ2v) is 8.14. The van der Waals surface area contributed by atoms with Gasteiger partial charge in [-0.15, -0.1) is 0 Å². The monoisotopic (exact) mass is 309 g/mol. The van der Waals surface area contributed by atoms with E-state index in [1.165, 1.54) is 48.2 Å². The largest absolute Gasteiger partial charge is 0.307 e. The Morgan fingerprint density at radius 1 is 1.22 bits per heavy atom. The molecule has 0 spiro atoms. The Labute approximate surface area is 139 Å². The molecule has 2 aromatic rings. The summed E-state index contributed by atoms with van der Waals surface area (Å²) < 4.78 is 2.18. The average molecular weight is 309 g/mol. The van der Waals surface area contributed by atoms with Gasteiger partial charge in [0.2, 0.25) is 0 Å². The molecule has 4 rings (SSSR count). The number of fused-ring (bicyclic) bond motifs is 1. The lowest BCUT2D eigenvalue weighted by Crippen LogP contribution is -2.42. The minimum atomic E-state index is 0.314. The summed E-state index contributed by atoms with van der Waals surface area (Å²) in [5, 5.41) is 8.67. The highest BCUT2D eigenvalue weighted by Crippen LogP contribution is 2.42. The van der Waals surface area contributed by atoms with Crippen molar-refractivity contribution in [2.45, 2.75) is 65.0 Å². The molecule has 23 heavy (non-hydrogen) atoms. The Morgan fingerprint density at radius 2 is 2.00 bits per heavy atom. The molecule has 122 valence electrons. The highest BCUT2D eigenvalue weighted by Gasteiger charge is 2.36. The zero-order valence-electron chi connectivity index (χ0n) is 14.5. The number of benzene rings is 1. The third-order valence-electron chi connectivity index (χ3n) is 5.57. The van der Waals surface area contributed by atoms with E-state index in [4.69, 9.17) is 5.10 Å². The van der Waals surface area contributed by atoms with Gasteiger partial charge < -0.3 is 5.32 Å². The molecule has 1 fully saturated rings. The first kappa shape index (κ1) is 14.9. The van der Waals surface area contributed by atoms with E-state index in [2.05, 4.69) is 61.2 Å². The van der Waals surface area contributed by atoms with Crippen LogP contribution in [-0.2, 0) is 6.42 Å². The molecule has 3 heteroatoms. The third-order valence-corrected chi connectivity index (χ3v) is 5.57. The maximum Gasteiger partial charge on any atom is 0.0678 e. The number of nitrogens with one attached hydrogen (secondary N) is 1. The van der Waals surface area contributed by atoms with E-state index < -0.39 is 0 Å². The Hall–Kier alpha value is -1.61. The number of para-hydroxylation sites is 1. The standard InChI is InChI=1S/C20H27N3/c1-14-7-4-5-10-18(14)23-19-12-20(2,3)11-17(16(19)13-21-23)22-15-8-6-9-15/h4-5,7,10,13,15,17,22H,6,8-9,11-12H2,1-3H3/t17-/m0/s1. The molecule has 1 aromatic carbocycles. The second kappa shape index (κ2) is 5.48. The summed E-state index contributed by atoms with van der Waals surface area (Å²) >= 11 is 0. The van der Waals surface area contributed by atoms with Crippen molar-refractivity contribution in [1.82, 2.24) is 15.1 Å². The molecule has 0 aliphatic heterocycles. The van der Waals surface area contributed by atoms with Crippen molar-refractivity contribution in [3.05, 3.63) is 47.3 Å². The summed E-state index contributed by atoms with van der Waals surface area (Å²) in [6, 6.07) is 9.72. The summed E-state index contributed by atoms with van der Waals surface area (Å²) in [5.74, 6) is 0. The van der Waals surface area contributed by atoms with E-state index in [0.717, 1.165) is 6.42 Å². The highest BCUT2D eigenvalue weighted by molar-refractivity contribution is 5.43. The first-order valence-corrected chi connectivity index (χ1v) is 8.92. The molecule has 2 aliphatic rings. The Balaban J connectivity index is 1.74. The molecule has 0 amide bonds. The molecule has 0 saturated heterocycles. The molecule has 0 radical (unpaired) electrons. The molecule has 1 atom stereocenters. The highest BCUT2D eigenvalue weighted by atomic mass is 15.3. The average Bonchev–Trinajstić information content (AvgIpc) is 2.85. The van der Waals surface area contributed by atoms with E-state index in [0.29, 0.717) is 17.5 Å². The van der Waals surface area contributed by atoms with E-state index in [1.54, 1.807) is 0 Å². The Bertz CT molecular complexity index is 709. The van der Waals surface area contributed by atoms with Crippen molar-refractivity contribution in [3.8, 4) is 5.69 Å². The predicted octanol–water partition coefficient (Wildman–Crippen LogP) is 4.34. The predicted molar refractivity (Wildman–Crippen MR) is 93.9 cm³/mol. The van der Waals surface area contributed by atoms with E-state index in [-0.39, 0.29) is 0 Å². The van der Waals surface area contributed by atoms with E-state index >= 15 is 0 Å². The van der Waals surface area contributed by atoms with Gasteiger partial charge in [-0.25, -0.2) is 4.68 Å². The molecule has 2 aliphatic carbocycles. The number of hydrogen-bond donors (Lipinski definition) is 1. The normalized spacial score (nSPS) is 23.3. The SMILES string of the molecule is Cc1ccccc1-n1ncc2c1CC(C)(C)C[C@@H]2NC1CCC1. The molecule has 0 bridgehead atoms. The van der Waals surface area contributed by atoms with Crippen LogP contribution in [0, 0.1) is 12.3 Å². The van der Waals surface area contributed by atoms with Gasteiger partial charge in [0.1, 0.15) is 0 Å². The minimum absolute atomic E-state index is 0.314. The molecule has 1 heterocycles. The first-order valence-electron chi connectivity index (χ1n) is 8.92. The molecule has 0 unspecified atom stereocenters. The van der Waals surface area contributed by atoms with Crippen LogP contribution in [0.4, 0.5) is 0 Å². The number of aryl methyl sites for hydroxylation is 1. The van der Waals surface area contributed by atoms with Crippen LogP contribution in [0.2, 0.25) is 0 Å². The third kappa shape index (κ3) is 2.72. The quantitative estimate of drug-likeness (QED) is 0.914. The van der Waals surface area contributed by atoms with Gasteiger partial charge in [0.15, 0.2) is 0 Å². The van der Waals surface area contributed by atoms with Crippen molar-refractivity contribution < 1.29 is 0 Å². The topological polar surface area (TPSA) is 29.9 Å². The number of aromatic nitrogens is 2. The summed E-state index contributed by atoms with van der Waals surface area (Å²) in [6.45, 7) is 6.95. The number of rotatable bonds is 3. The summed E-state index contributed by atoms with van der Waals surface area (Å²) in [4.78, 5) is 0. The van der Waals surface area contributed by atoms with Gasteiger partial charge in [-0.3, -0.25) is 0 Å². The van der Waals surface area contributed by atoms with Crippen LogP contribution in [-0.4, -0.2) is 15.8 Å². The van der Waals surface area contributed by atoms with Crippen LogP contribution in [0.1, 0.15) is 62.4 Å². The van der Waals surface area contributed by atoms with Gasteiger partial charge in [0.25, 0.3) is 0 Å².